The summed E-state index contributed by atoms with van der Waals surface area (Å²) in [6.45, 7) is 3.65. The Labute approximate surface area is 108 Å². The number of sulfone groups is 1. The van der Waals surface area contributed by atoms with Crippen molar-refractivity contribution in [2.45, 2.75) is 32.4 Å². The van der Waals surface area contributed by atoms with Gasteiger partial charge in [0.2, 0.25) is 5.91 Å². The van der Waals surface area contributed by atoms with E-state index >= 15 is 0 Å². The number of rotatable bonds is 9. The third kappa shape index (κ3) is 9.08. The Morgan fingerprint density at radius 3 is 2.44 bits per heavy atom. The van der Waals surface area contributed by atoms with Crippen molar-refractivity contribution in [1.82, 2.24) is 16.2 Å². The molecule has 0 rings (SSSR count). The second kappa shape index (κ2) is 8.17. The minimum atomic E-state index is -2.95. The zero-order valence-corrected chi connectivity index (χ0v) is 11.7. The number of carbonyl (C=O) groups is 2. The summed E-state index contributed by atoms with van der Waals surface area (Å²) in [7, 11) is -2.95. The molecule has 0 fully saturated rings. The molecule has 0 spiro atoms. The molecule has 7 nitrogen and oxygen atoms in total. The van der Waals surface area contributed by atoms with Gasteiger partial charge >= 0.3 is 0 Å². The Kier molecular flexibility index (Phi) is 7.72. The number of carbonyl (C=O) groups excluding carboxylic acids is 2. The maximum atomic E-state index is 11.5. The molecule has 8 heteroatoms. The molecule has 106 valence electrons. The van der Waals surface area contributed by atoms with Crippen LogP contribution in [0.5, 0.6) is 0 Å². The first-order valence-corrected chi connectivity index (χ1v) is 7.74. The average molecular weight is 279 g/mol. The Morgan fingerprint density at radius 1 is 1.33 bits per heavy atom. The maximum absolute atomic E-state index is 11.5. The molecule has 3 N–H and O–H groups in total. The van der Waals surface area contributed by atoms with Gasteiger partial charge in [-0.1, -0.05) is 0 Å². The predicted molar refractivity (Wildman–Crippen MR) is 68.6 cm³/mol. The molecule has 0 aromatic heterocycles. The van der Waals surface area contributed by atoms with E-state index in [4.69, 9.17) is 0 Å². The summed E-state index contributed by atoms with van der Waals surface area (Å²) in [5.41, 5.74) is 5.49. The molecule has 0 saturated carbocycles. The smallest absolute Gasteiger partial charge is 0.238 e. The van der Waals surface area contributed by atoms with Gasteiger partial charge in [0.1, 0.15) is 16.1 Å². The van der Waals surface area contributed by atoms with Crippen molar-refractivity contribution in [2.75, 3.05) is 18.6 Å². The fraction of sp³-hybridized carbons (Fsp3) is 0.800. The van der Waals surface area contributed by atoms with Crippen LogP contribution in [-0.4, -0.2) is 51.2 Å². The molecule has 0 heterocycles. The Hall–Kier alpha value is -0.990. The van der Waals surface area contributed by atoms with Crippen LogP contribution < -0.4 is 16.2 Å². The van der Waals surface area contributed by atoms with Crippen LogP contribution in [0.15, 0.2) is 0 Å². The molecule has 0 radical (unpaired) electrons. The molecule has 0 unspecified atom stereocenters. The zero-order chi connectivity index (χ0) is 14.2. The van der Waals surface area contributed by atoms with Crippen molar-refractivity contribution in [2.24, 2.45) is 0 Å². The van der Waals surface area contributed by atoms with Gasteiger partial charge in [0.05, 0.1) is 17.8 Å². The highest BCUT2D eigenvalue weighted by Crippen LogP contribution is 1.87. The van der Waals surface area contributed by atoms with Crippen LogP contribution in [-0.2, 0) is 19.4 Å². The van der Waals surface area contributed by atoms with E-state index in [-0.39, 0.29) is 11.7 Å². The van der Waals surface area contributed by atoms with Crippen molar-refractivity contribution < 1.29 is 18.0 Å². The summed E-state index contributed by atoms with van der Waals surface area (Å²) < 4.78 is 21.7. The molecule has 2 atom stereocenters. The summed E-state index contributed by atoms with van der Waals surface area (Å²) in [6.07, 6.45) is 2.28. The second-order valence-electron chi connectivity index (χ2n) is 4.21. The van der Waals surface area contributed by atoms with Crippen LogP contribution in [0, 0.1) is 0 Å². The normalized spacial score (nSPS) is 14.8. The number of nitrogens with one attached hydrogen (secondary N) is 3. The van der Waals surface area contributed by atoms with Crippen LogP contribution in [0.4, 0.5) is 0 Å². The second-order valence-corrected chi connectivity index (χ2v) is 6.47. The Bertz CT molecular complexity index is 369. The van der Waals surface area contributed by atoms with Gasteiger partial charge in [-0.3, -0.25) is 10.2 Å². The van der Waals surface area contributed by atoms with Crippen molar-refractivity contribution >= 4 is 22.0 Å². The average Bonchev–Trinajstić information content (AvgIpc) is 2.26. The van der Waals surface area contributed by atoms with Crippen LogP contribution in [0.1, 0.15) is 20.3 Å². The van der Waals surface area contributed by atoms with E-state index in [1.165, 1.54) is 6.26 Å². The first kappa shape index (κ1) is 17.0. The van der Waals surface area contributed by atoms with Gasteiger partial charge in [-0.05, 0) is 20.3 Å². The third-order valence-electron chi connectivity index (χ3n) is 2.10. The summed E-state index contributed by atoms with van der Waals surface area (Å²) in [5, 5.41) is 2.49. The lowest BCUT2D eigenvalue weighted by atomic mass is 10.3. The highest BCUT2D eigenvalue weighted by Gasteiger charge is 2.13. The number of amides is 1. The summed E-state index contributed by atoms with van der Waals surface area (Å²) in [5.74, 6) is -0.199. The lowest BCUT2D eigenvalue weighted by molar-refractivity contribution is -0.125. The Balaban J connectivity index is 3.73. The van der Waals surface area contributed by atoms with Gasteiger partial charge in [0.15, 0.2) is 0 Å². The van der Waals surface area contributed by atoms with E-state index in [0.29, 0.717) is 19.3 Å². The molecule has 0 saturated heterocycles. The lowest BCUT2D eigenvalue weighted by Crippen LogP contribution is -2.50. The van der Waals surface area contributed by atoms with E-state index in [2.05, 4.69) is 16.2 Å². The molecule has 0 aromatic carbocycles. The molecule has 0 bridgehead atoms. The largest absolute Gasteiger partial charge is 0.345 e. The molecule has 18 heavy (non-hydrogen) atoms. The molecular formula is C10H21N3O4S. The first-order valence-electron chi connectivity index (χ1n) is 5.68. The molecule has 0 aliphatic carbocycles. The summed E-state index contributed by atoms with van der Waals surface area (Å²) in [6, 6.07) is -1.03. The van der Waals surface area contributed by atoms with Gasteiger partial charge in [-0.25, -0.2) is 13.8 Å². The van der Waals surface area contributed by atoms with Crippen LogP contribution in [0.25, 0.3) is 0 Å². The monoisotopic (exact) mass is 279 g/mol. The van der Waals surface area contributed by atoms with Gasteiger partial charge in [0, 0.05) is 12.8 Å². The number of hydrogen-bond donors (Lipinski definition) is 3. The summed E-state index contributed by atoms with van der Waals surface area (Å²) >= 11 is 0. The number of hydrogen-bond acceptors (Lipinski definition) is 6. The quantitative estimate of drug-likeness (QED) is 0.273. The van der Waals surface area contributed by atoms with Gasteiger partial charge in [-0.15, -0.1) is 0 Å². The molecule has 1 amide bonds. The third-order valence-corrected chi connectivity index (χ3v) is 3.13. The van der Waals surface area contributed by atoms with Crippen LogP contribution in [0.2, 0.25) is 0 Å². The van der Waals surface area contributed by atoms with E-state index < -0.39 is 21.9 Å². The van der Waals surface area contributed by atoms with Gasteiger partial charge in [0.25, 0.3) is 0 Å². The fourth-order valence-corrected chi connectivity index (χ4v) is 1.77. The molecule has 0 aliphatic rings. The topological polar surface area (TPSA) is 104 Å². The predicted octanol–water partition coefficient (Wildman–Crippen LogP) is -1.39. The maximum Gasteiger partial charge on any atom is 0.238 e. The van der Waals surface area contributed by atoms with E-state index in [9.17, 15) is 18.0 Å². The van der Waals surface area contributed by atoms with Gasteiger partial charge < -0.3 is 10.1 Å². The van der Waals surface area contributed by atoms with Crippen molar-refractivity contribution in [3.63, 3.8) is 0 Å². The fourth-order valence-electron chi connectivity index (χ4n) is 1.10. The highest BCUT2D eigenvalue weighted by molar-refractivity contribution is 7.90. The number of aldehydes is 1. The summed E-state index contributed by atoms with van der Waals surface area (Å²) in [4.78, 5) is 21.8. The van der Waals surface area contributed by atoms with Crippen molar-refractivity contribution in [1.29, 1.82) is 0 Å². The van der Waals surface area contributed by atoms with Crippen molar-refractivity contribution in [3.8, 4) is 0 Å². The SMILES string of the molecule is C[C@H](NNCCCS(C)(=O)=O)C(=O)N[C@@H](C)C=O. The minimum Gasteiger partial charge on any atom is -0.345 e. The van der Waals surface area contributed by atoms with E-state index in [0.717, 1.165) is 0 Å². The molecule has 0 aliphatic heterocycles. The van der Waals surface area contributed by atoms with E-state index in [1.807, 2.05) is 0 Å². The first-order chi connectivity index (χ1) is 8.26. The van der Waals surface area contributed by atoms with Gasteiger partial charge in [-0.2, -0.15) is 0 Å². The Morgan fingerprint density at radius 2 is 1.94 bits per heavy atom. The van der Waals surface area contributed by atoms with E-state index in [1.54, 1.807) is 13.8 Å². The number of hydrazine groups is 1. The molecule has 0 aromatic rings. The minimum absolute atomic E-state index is 0.102. The highest BCUT2D eigenvalue weighted by atomic mass is 32.2. The zero-order valence-electron chi connectivity index (χ0n) is 10.9. The lowest BCUT2D eigenvalue weighted by Gasteiger charge is -2.16. The van der Waals surface area contributed by atoms with Crippen LogP contribution in [0.3, 0.4) is 0 Å². The standard InChI is InChI=1S/C10H21N3O4S/c1-8(7-14)12-10(15)9(2)13-11-5-4-6-18(3,16)17/h7-9,11,13H,4-6H2,1-3H3,(H,12,15)/t8-,9-/m0/s1. The molecular weight excluding hydrogens is 258 g/mol. The van der Waals surface area contributed by atoms with Crippen molar-refractivity contribution in [3.05, 3.63) is 0 Å². The van der Waals surface area contributed by atoms with Crippen LogP contribution >= 0.6 is 0 Å².